The van der Waals surface area contributed by atoms with Crippen molar-refractivity contribution in [2.24, 2.45) is 23.9 Å². The standard InChI is InChI=1S/C11H19N5O2/c1-7(10(12)14-18)5-15(3)11(17)9-6-16(4)13-8(9)2/h6-7,18H,5H2,1-4H3,(H2,12,14). The Balaban J connectivity index is 2.76. The van der Waals surface area contributed by atoms with Crippen LogP contribution in [-0.2, 0) is 7.05 Å². The molecule has 0 aliphatic heterocycles. The van der Waals surface area contributed by atoms with Crippen LogP contribution in [0.1, 0.15) is 23.0 Å². The molecule has 0 fully saturated rings. The normalized spacial score (nSPS) is 13.4. The van der Waals surface area contributed by atoms with E-state index in [0.29, 0.717) is 17.8 Å². The molecule has 0 bridgehead atoms. The van der Waals surface area contributed by atoms with Crippen LogP contribution in [0.25, 0.3) is 0 Å². The fraction of sp³-hybridized carbons (Fsp3) is 0.545. The van der Waals surface area contributed by atoms with Crippen LogP contribution >= 0.6 is 0 Å². The molecule has 0 aliphatic rings. The number of amides is 1. The Kier molecular flexibility index (Phi) is 4.30. The zero-order chi connectivity index (χ0) is 13.9. The third-order valence-corrected chi connectivity index (χ3v) is 2.76. The number of nitrogens with two attached hydrogens (primary N) is 1. The molecule has 0 spiro atoms. The largest absolute Gasteiger partial charge is 0.409 e. The monoisotopic (exact) mass is 253 g/mol. The maximum Gasteiger partial charge on any atom is 0.257 e. The average molecular weight is 253 g/mol. The van der Waals surface area contributed by atoms with Gasteiger partial charge in [-0.3, -0.25) is 9.48 Å². The summed E-state index contributed by atoms with van der Waals surface area (Å²) in [5.41, 5.74) is 6.73. The highest BCUT2D eigenvalue weighted by atomic mass is 16.4. The molecule has 100 valence electrons. The van der Waals surface area contributed by atoms with Gasteiger partial charge in [0.2, 0.25) is 0 Å². The number of hydrogen-bond acceptors (Lipinski definition) is 4. The van der Waals surface area contributed by atoms with Crippen molar-refractivity contribution in [3.05, 3.63) is 17.5 Å². The van der Waals surface area contributed by atoms with Gasteiger partial charge in [-0.1, -0.05) is 12.1 Å². The molecular weight excluding hydrogens is 234 g/mol. The Bertz CT molecular complexity index is 466. The fourth-order valence-corrected chi connectivity index (χ4v) is 1.70. The van der Waals surface area contributed by atoms with Crippen LogP contribution < -0.4 is 5.73 Å². The lowest BCUT2D eigenvalue weighted by Gasteiger charge is -2.20. The second kappa shape index (κ2) is 5.52. The molecule has 1 heterocycles. The predicted octanol–water partition coefficient (Wildman–Crippen LogP) is 0.183. The summed E-state index contributed by atoms with van der Waals surface area (Å²) in [7, 11) is 3.44. The highest BCUT2D eigenvalue weighted by molar-refractivity contribution is 5.95. The van der Waals surface area contributed by atoms with Gasteiger partial charge in [-0.2, -0.15) is 5.10 Å². The van der Waals surface area contributed by atoms with Crippen LogP contribution in [0.4, 0.5) is 0 Å². The van der Waals surface area contributed by atoms with E-state index in [1.54, 1.807) is 38.8 Å². The molecule has 1 aromatic heterocycles. The van der Waals surface area contributed by atoms with E-state index in [-0.39, 0.29) is 17.7 Å². The zero-order valence-electron chi connectivity index (χ0n) is 11.1. The summed E-state index contributed by atoms with van der Waals surface area (Å²) in [6, 6.07) is 0. The van der Waals surface area contributed by atoms with Crippen LogP contribution in [0.5, 0.6) is 0 Å². The van der Waals surface area contributed by atoms with Gasteiger partial charge in [0.05, 0.1) is 11.3 Å². The van der Waals surface area contributed by atoms with Crippen LogP contribution in [0.3, 0.4) is 0 Å². The highest BCUT2D eigenvalue weighted by Gasteiger charge is 2.19. The zero-order valence-corrected chi connectivity index (χ0v) is 11.1. The van der Waals surface area contributed by atoms with Gasteiger partial charge in [-0.05, 0) is 6.92 Å². The minimum absolute atomic E-state index is 0.109. The maximum absolute atomic E-state index is 12.2. The van der Waals surface area contributed by atoms with Crippen LogP contribution in [-0.4, -0.2) is 45.2 Å². The molecule has 7 heteroatoms. The predicted molar refractivity (Wildman–Crippen MR) is 67.5 cm³/mol. The smallest absolute Gasteiger partial charge is 0.257 e. The minimum atomic E-state index is -0.207. The molecule has 1 atom stereocenters. The minimum Gasteiger partial charge on any atom is -0.409 e. The summed E-state index contributed by atoms with van der Waals surface area (Å²) >= 11 is 0. The third kappa shape index (κ3) is 2.99. The molecule has 0 aromatic carbocycles. The first-order valence-electron chi connectivity index (χ1n) is 5.60. The molecule has 0 aliphatic carbocycles. The van der Waals surface area contributed by atoms with Crippen LogP contribution in [0.2, 0.25) is 0 Å². The lowest BCUT2D eigenvalue weighted by molar-refractivity contribution is 0.0785. The Labute approximate surface area is 106 Å². The van der Waals surface area contributed by atoms with E-state index in [4.69, 9.17) is 10.9 Å². The van der Waals surface area contributed by atoms with Gasteiger partial charge in [0, 0.05) is 32.8 Å². The van der Waals surface area contributed by atoms with Crippen molar-refractivity contribution < 1.29 is 10.0 Å². The number of carbonyl (C=O) groups excluding carboxylic acids is 1. The van der Waals surface area contributed by atoms with Gasteiger partial charge in [0.15, 0.2) is 0 Å². The number of hydrogen-bond donors (Lipinski definition) is 2. The first-order chi connectivity index (χ1) is 8.36. The van der Waals surface area contributed by atoms with Crippen molar-refractivity contribution in [1.82, 2.24) is 14.7 Å². The second-order valence-electron chi connectivity index (χ2n) is 4.41. The van der Waals surface area contributed by atoms with Crippen LogP contribution in [0, 0.1) is 12.8 Å². The molecule has 1 aromatic rings. The topological polar surface area (TPSA) is 96.7 Å². The number of rotatable bonds is 4. The summed E-state index contributed by atoms with van der Waals surface area (Å²) in [5.74, 6) is -0.225. The molecule has 0 radical (unpaired) electrons. The summed E-state index contributed by atoms with van der Waals surface area (Å²) < 4.78 is 1.60. The first kappa shape index (κ1) is 14.0. The highest BCUT2D eigenvalue weighted by Crippen LogP contribution is 2.09. The number of aromatic nitrogens is 2. The summed E-state index contributed by atoms with van der Waals surface area (Å²) in [4.78, 5) is 13.7. The number of nitrogens with zero attached hydrogens (tertiary/aromatic N) is 4. The van der Waals surface area contributed by atoms with E-state index in [9.17, 15) is 4.79 Å². The fourth-order valence-electron chi connectivity index (χ4n) is 1.70. The quantitative estimate of drug-likeness (QED) is 0.346. The van der Waals surface area contributed by atoms with Crippen molar-refractivity contribution in [3.8, 4) is 0 Å². The summed E-state index contributed by atoms with van der Waals surface area (Å²) in [5, 5.41) is 15.6. The molecule has 1 unspecified atom stereocenters. The van der Waals surface area contributed by atoms with Crippen molar-refractivity contribution >= 4 is 11.7 Å². The molecule has 1 rings (SSSR count). The Hall–Kier alpha value is -2.05. The summed E-state index contributed by atoms with van der Waals surface area (Å²) in [6.07, 6.45) is 1.68. The van der Waals surface area contributed by atoms with Gasteiger partial charge < -0.3 is 15.8 Å². The van der Waals surface area contributed by atoms with E-state index in [2.05, 4.69) is 10.3 Å². The van der Waals surface area contributed by atoms with Gasteiger partial charge >= 0.3 is 0 Å². The number of oxime groups is 1. The van der Waals surface area contributed by atoms with E-state index >= 15 is 0 Å². The number of amidine groups is 1. The van der Waals surface area contributed by atoms with E-state index in [1.807, 2.05) is 0 Å². The van der Waals surface area contributed by atoms with Gasteiger partial charge in [0.1, 0.15) is 5.84 Å². The summed E-state index contributed by atoms with van der Waals surface area (Å²) in [6.45, 7) is 3.95. The van der Waals surface area contributed by atoms with Crippen molar-refractivity contribution in [3.63, 3.8) is 0 Å². The molecule has 0 saturated heterocycles. The van der Waals surface area contributed by atoms with Crippen molar-refractivity contribution in [2.75, 3.05) is 13.6 Å². The maximum atomic E-state index is 12.2. The van der Waals surface area contributed by atoms with Gasteiger partial charge in [0.25, 0.3) is 5.91 Å². The number of carbonyl (C=O) groups is 1. The molecule has 0 saturated carbocycles. The van der Waals surface area contributed by atoms with E-state index < -0.39 is 0 Å². The van der Waals surface area contributed by atoms with Crippen LogP contribution in [0.15, 0.2) is 11.4 Å². The molecule has 1 amide bonds. The molecule has 3 N–H and O–H groups in total. The van der Waals surface area contributed by atoms with Gasteiger partial charge in [-0.15, -0.1) is 0 Å². The Morgan fingerprint density at radius 3 is 2.78 bits per heavy atom. The Morgan fingerprint density at radius 1 is 1.72 bits per heavy atom. The SMILES string of the molecule is Cc1nn(C)cc1C(=O)N(C)CC(C)C(N)=NO. The molecule has 7 nitrogen and oxygen atoms in total. The second-order valence-corrected chi connectivity index (χ2v) is 4.41. The lowest BCUT2D eigenvalue weighted by Crippen LogP contribution is -2.36. The average Bonchev–Trinajstić information content (AvgIpc) is 2.66. The van der Waals surface area contributed by atoms with Crippen molar-refractivity contribution in [2.45, 2.75) is 13.8 Å². The molecule has 18 heavy (non-hydrogen) atoms. The van der Waals surface area contributed by atoms with E-state index in [0.717, 1.165) is 0 Å². The first-order valence-corrected chi connectivity index (χ1v) is 5.60. The molecular formula is C11H19N5O2. The lowest BCUT2D eigenvalue weighted by atomic mass is 10.1. The van der Waals surface area contributed by atoms with Gasteiger partial charge in [-0.25, -0.2) is 0 Å². The Morgan fingerprint density at radius 2 is 2.33 bits per heavy atom. The third-order valence-electron chi connectivity index (χ3n) is 2.76. The van der Waals surface area contributed by atoms with Crippen molar-refractivity contribution in [1.29, 1.82) is 0 Å². The number of aryl methyl sites for hydroxylation is 2. The van der Waals surface area contributed by atoms with E-state index in [1.165, 1.54) is 4.90 Å².